The van der Waals surface area contributed by atoms with Gasteiger partial charge in [0.05, 0.1) is 0 Å². The Kier molecular flexibility index (Phi) is 5.18. The van der Waals surface area contributed by atoms with Crippen LogP contribution in [0.25, 0.3) is 0 Å². The Bertz CT molecular complexity index is 379. The van der Waals surface area contributed by atoms with Crippen molar-refractivity contribution in [3.8, 4) is 0 Å². The lowest BCUT2D eigenvalue weighted by atomic mass is 10.3. The molecule has 0 saturated heterocycles. The molecule has 0 aliphatic heterocycles. The molecule has 0 aliphatic rings. The van der Waals surface area contributed by atoms with E-state index in [1.807, 2.05) is 6.92 Å². The predicted octanol–water partition coefficient (Wildman–Crippen LogP) is 2.97. The topological polar surface area (TPSA) is 49.8 Å². The monoisotopic (exact) mass is 262 g/mol. The molecule has 0 bridgehead atoms. The standard InChI is InChI=1S/C11H17F3N4/c1-3-15-9-7-10(18-8(2)17-9)16-6-4-5-11(12,13)14/h7H,3-6H2,1-2H3,(H2,15,16,17,18). The van der Waals surface area contributed by atoms with Crippen LogP contribution in [-0.2, 0) is 0 Å². The molecular formula is C11H17F3N4. The van der Waals surface area contributed by atoms with E-state index in [1.54, 1.807) is 13.0 Å². The molecule has 0 atom stereocenters. The smallest absolute Gasteiger partial charge is 0.370 e. The SMILES string of the molecule is CCNc1cc(NCCCC(F)(F)F)nc(C)n1. The summed E-state index contributed by atoms with van der Waals surface area (Å²) in [6, 6.07) is 1.68. The van der Waals surface area contributed by atoms with Crippen molar-refractivity contribution >= 4 is 11.6 Å². The molecule has 1 aromatic heterocycles. The number of nitrogens with zero attached hydrogens (tertiary/aromatic N) is 2. The zero-order valence-electron chi connectivity index (χ0n) is 10.4. The molecule has 0 spiro atoms. The van der Waals surface area contributed by atoms with E-state index in [0.717, 1.165) is 6.54 Å². The van der Waals surface area contributed by atoms with Gasteiger partial charge in [0.1, 0.15) is 17.5 Å². The summed E-state index contributed by atoms with van der Waals surface area (Å²) in [7, 11) is 0. The average Bonchev–Trinajstić information content (AvgIpc) is 2.23. The first-order chi connectivity index (χ1) is 8.40. The molecule has 102 valence electrons. The van der Waals surface area contributed by atoms with Gasteiger partial charge in [-0.05, 0) is 20.3 Å². The molecule has 0 saturated carbocycles. The maximum Gasteiger partial charge on any atom is 0.389 e. The zero-order valence-corrected chi connectivity index (χ0v) is 10.4. The second-order valence-corrected chi connectivity index (χ2v) is 3.86. The summed E-state index contributed by atoms with van der Waals surface area (Å²) in [5.41, 5.74) is 0. The van der Waals surface area contributed by atoms with Crippen LogP contribution < -0.4 is 10.6 Å². The lowest BCUT2D eigenvalue weighted by Gasteiger charge is -2.10. The second-order valence-electron chi connectivity index (χ2n) is 3.86. The van der Waals surface area contributed by atoms with Gasteiger partial charge in [-0.25, -0.2) is 9.97 Å². The van der Waals surface area contributed by atoms with Gasteiger partial charge in [-0.3, -0.25) is 0 Å². The van der Waals surface area contributed by atoms with Crippen LogP contribution in [0.2, 0.25) is 0 Å². The van der Waals surface area contributed by atoms with Crippen molar-refractivity contribution < 1.29 is 13.2 Å². The fourth-order valence-corrected chi connectivity index (χ4v) is 1.44. The van der Waals surface area contributed by atoms with Crippen molar-refractivity contribution in [3.63, 3.8) is 0 Å². The number of nitrogens with one attached hydrogen (secondary N) is 2. The van der Waals surface area contributed by atoms with Crippen LogP contribution >= 0.6 is 0 Å². The fraction of sp³-hybridized carbons (Fsp3) is 0.636. The Morgan fingerprint density at radius 1 is 1.17 bits per heavy atom. The number of rotatable bonds is 6. The fourth-order valence-electron chi connectivity index (χ4n) is 1.44. The van der Waals surface area contributed by atoms with Crippen LogP contribution in [0.4, 0.5) is 24.8 Å². The summed E-state index contributed by atoms with van der Waals surface area (Å²) in [6.07, 6.45) is -4.86. The van der Waals surface area contributed by atoms with E-state index in [9.17, 15) is 13.2 Å². The van der Waals surface area contributed by atoms with Crippen molar-refractivity contribution in [2.24, 2.45) is 0 Å². The molecular weight excluding hydrogens is 245 g/mol. The van der Waals surface area contributed by atoms with Gasteiger partial charge in [-0.1, -0.05) is 0 Å². The zero-order chi connectivity index (χ0) is 13.6. The molecule has 0 aromatic carbocycles. The van der Waals surface area contributed by atoms with Gasteiger partial charge in [-0.2, -0.15) is 13.2 Å². The third-order valence-electron chi connectivity index (χ3n) is 2.14. The molecule has 0 amide bonds. The van der Waals surface area contributed by atoms with E-state index in [1.165, 1.54) is 0 Å². The van der Waals surface area contributed by atoms with Gasteiger partial charge < -0.3 is 10.6 Å². The summed E-state index contributed by atoms with van der Waals surface area (Å²) in [5, 5.41) is 5.90. The Hall–Kier alpha value is -1.53. The van der Waals surface area contributed by atoms with Gasteiger partial charge in [0.25, 0.3) is 0 Å². The first-order valence-electron chi connectivity index (χ1n) is 5.81. The number of halogens is 3. The Morgan fingerprint density at radius 2 is 1.78 bits per heavy atom. The number of alkyl halides is 3. The van der Waals surface area contributed by atoms with E-state index < -0.39 is 12.6 Å². The molecule has 4 nitrogen and oxygen atoms in total. The van der Waals surface area contributed by atoms with Gasteiger partial charge in [0.15, 0.2) is 0 Å². The van der Waals surface area contributed by atoms with Crippen LogP contribution in [-0.4, -0.2) is 29.2 Å². The minimum Gasteiger partial charge on any atom is -0.370 e. The first-order valence-corrected chi connectivity index (χ1v) is 5.81. The molecule has 0 radical (unpaired) electrons. The normalized spacial score (nSPS) is 11.4. The lowest BCUT2D eigenvalue weighted by Crippen LogP contribution is -2.12. The summed E-state index contributed by atoms with van der Waals surface area (Å²) >= 11 is 0. The third-order valence-corrected chi connectivity index (χ3v) is 2.14. The molecule has 0 unspecified atom stereocenters. The summed E-state index contributed by atoms with van der Waals surface area (Å²) < 4.78 is 35.8. The van der Waals surface area contributed by atoms with Crippen LogP contribution in [0, 0.1) is 6.92 Å². The second kappa shape index (κ2) is 6.42. The van der Waals surface area contributed by atoms with E-state index in [4.69, 9.17) is 0 Å². The van der Waals surface area contributed by atoms with Crippen LogP contribution in [0.1, 0.15) is 25.6 Å². The molecule has 18 heavy (non-hydrogen) atoms. The van der Waals surface area contributed by atoms with Crippen molar-refractivity contribution in [2.75, 3.05) is 23.7 Å². The maximum absolute atomic E-state index is 11.9. The molecule has 0 fully saturated rings. The lowest BCUT2D eigenvalue weighted by molar-refractivity contribution is -0.134. The van der Waals surface area contributed by atoms with E-state index in [0.29, 0.717) is 17.5 Å². The largest absolute Gasteiger partial charge is 0.389 e. The third kappa shape index (κ3) is 5.70. The van der Waals surface area contributed by atoms with Gasteiger partial charge >= 0.3 is 6.18 Å². The molecule has 2 N–H and O–H groups in total. The van der Waals surface area contributed by atoms with Crippen molar-refractivity contribution in [3.05, 3.63) is 11.9 Å². The van der Waals surface area contributed by atoms with Crippen LogP contribution in [0.15, 0.2) is 6.07 Å². The minimum absolute atomic E-state index is 0.0308. The number of aromatic nitrogens is 2. The highest BCUT2D eigenvalue weighted by molar-refractivity contribution is 5.47. The van der Waals surface area contributed by atoms with Crippen molar-refractivity contribution in [1.82, 2.24) is 9.97 Å². The summed E-state index contributed by atoms with van der Waals surface area (Å²) in [4.78, 5) is 8.26. The Balaban J connectivity index is 2.46. The first kappa shape index (κ1) is 14.5. The summed E-state index contributed by atoms with van der Waals surface area (Å²) in [6.45, 7) is 4.64. The van der Waals surface area contributed by atoms with Gasteiger partial charge in [0.2, 0.25) is 0 Å². The highest BCUT2D eigenvalue weighted by atomic mass is 19.4. The molecule has 7 heteroatoms. The van der Waals surface area contributed by atoms with Gasteiger partial charge in [0, 0.05) is 25.6 Å². The minimum atomic E-state index is -4.10. The number of hydrogen-bond donors (Lipinski definition) is 2. The molecule has 1 aromatic rings. The number of aryl methyl sites for hydroxylation is 1. The number of hydrogen-bond acceptors (Lipinski definition) is 4. The molecule has 1 heterocycles. The van der Waals surface area contributed by atoms with Crippen molar-refractivity contribution in [1.29, 1.82) is 0 Å². The van der Waals surface area contributed by atoms with E-state index in [2.05, 4.69) is 20.6 Å². The summed E-state index contributed by atoms with van der Waals surface area (Å²) in [5.74, 6) is 1.79. The molecule has 0 aliphatic carbocycles. The Morgan fingerprint density at radius 3 is 2.33 bits per heavy atom. The highest BCUT2D eigenvalue weighted by Gasteiger charge is 2.25. The van der Waals surface area contributed by atoms with Crippen molar-refractivity contribution in [2.45, 2.75) is 32.9 Å². The van der Waals surface area contributed by atoms with Crippen LogP contribution in [0.3, 0.4) is 0 Å². The quantitative estimate of drug-likeness (QED) is 0.774. The van der Waals surface area contributed by atoms with Crippen LogP contribution in [0.5, 0.6) is 0 Å². The van der Waals surface area contributed by atoms with E-state index >= 15 is 0 Å². The highest BCUT2D eigenvalue weighted by Crippen LogP contribution is 2.21. The number of anilines is 2. The maximum atomic E-state index is 11.9. The predicted molar refractivity (Wildman–Crippen MR) is 64.7 cm³/mol. The average molecular weight is 262 g/mol. The van der Waals surface area contributed by atoms with Gasteiger partial charge in [-0.15, -0.1) is 0 Å². The Labute approximate surface area is 104 Å². The van der Waals surface area contributed by atoms with E-state index in [-0.39, 0.29) is 13.0 Å². The molecule has 1 rings (SSSR count).